The molecule has 0 rings (SSSR count). The Morgan fingerprint density at radius 3 is 2.53 bits per heavy atom. The minimum Gasteiger partial charge on any atom is -0.481 e. The number of aliphatic carboxylic acids is 1. The maximum atomic E-state index is 11.3. The SMILES string of the molecule is O=C(O)CCCS(=O)(=O)NCCCOCCO. The summed E-state index contributed by atoms with van der Waals surface area (Å²) in [5.74, 6) is -1.19. The van der Waals surface area contributed by atoms with E-state index in [2.05, 4.69) is 4.72 Å². The van der Waals surface area contributed by atoms with Crippen LogP contribution in [0.15, 0.2) is 0 Å². The fourth-order valence-corrected chi connectivity index (χ4v) is 2.18. The summed E-state index contributed by atoms with van der Waals surface area (Å²) in [6, 6.07) is 0. The van der Waals surface area contributed by atoms with Crippen LogP contribution in [0.5, 0.6) is 0 Å². The highest BCUT2D eigenvalue weighted by atomic mass is 32.2. The third-order valence-corrected chi connectivity index (χ3v) is 3.30. The molecule has 3 N–H and O–H groups in total. The summed E-state index contributed by atoms with van der Waals surface area (Å²) >= 11 is 0. The first kappa shape index (κ1) is 16.3. The number of sulfonamides is 1. The molecule has 0 aromatic heterocycles. The number of aliphatic hydroxyl groups excluding tert-OH is 1. The Balaban J connectivity index is 3.54. The quantitative estimate of drug-likeness (QED) is 0.422. The first-order valence-corrected chi connectivity index (χ1v) is 7.01. The van der Waals surface area contributed by atoms with E-state index in [-0.39, 0.29) is 38.4 Å². The lowest BCUT2D eigenvalue weighted by molar-refractivity contribution is -0.137. The summed E-state index contributed by atoms with van der Waals surface area (Å²) < 4.78 is 29.9. The van der Waals surface area contributed by atoms with Gasteiger partial charge >= 0.3 is 5.97 Å². The van der Waals surface area contributed by atoms with Crippen molar-refractivity contribution in [2.75, 3.05) is 32.1 Å². The van der Waals surface area contributed by atoms with Gasteiger partial charge in [-0.2, -0.15) is 0 Å². The van der Waals surface area contributed by atoms with Gasteiger partial charge in [0.2, 0.25) is 10.0 Å². The third kappa shape index (κ3) is 11.6. The average molecular weight is 269 g/mol. The van der Waals surface area contributed by atoms with Gasteiger partial charge < -0.3 is 14.9 Å². The Bertz CT molecular complexity index is 303. The first-order chi connectivity index (χ1) is 7.98. The maximum absolute atomic E-state index is 11.3. The molecule has 0 aliphatic heterocycles. The molecule has 0 amide bonds. The first-order valence-electron chi connectivity index (χ1n) is 5.35. The molecule has 0 saturated carbocycles. The summed E-state index contributed by atoms with van der Waals surface area (Å²) in [6.07, 6.45) is 0.463. The van der Waals surface area contributed by atoms with Gasteiger partial charge in [0.15, 0.2) is 0 Å². The van der Waals surface area contributed by atoms with Gasteiger partial charge in [0.05, 0.1) is 19.0 Å². The number of carboxylic acid groups (broad SMARTS) is 1. The second-order valence-corrected chi connectivity index (χ2v) is 5.33. The van der Waals surface area contributed by atoms with Gasteiger partial charge in [-0.3, -0.25) is 4.79 Å². The summed E-state index contributed by atoms with van der Waals surface area (Å²) in [5.41, 5.74) is 0. The topological polar surface area (TPSA) is 113 Å². The molecule has 7 nitrogen and oxygen atoms in total. The largest absolute Gasteiger partial charge is 0.481 e. The summed E-state index contributed by atoms with van der Waals surface area (Å²) in [4.78, 5) is 10.2. The van der Waals surface area contributed by atoms with Crippen molar-refractivity contribution < 1.29 is 28.2 Å². The normalized spacial score (nSPS) is 11.6. The number of carbonyl (C=O) groups is 1. The van der Waals surface area contributed by atoms with Crippen molar-refractivity contribution in [1.82, 2.24) is 4.72 Å². The van der Waals surface area contributed by atoms with Crippen LogP contribution in [0.2, 0.25) is 0 Å². The molecule has 0 fully saturated rings. The Kier molecular flexibility index (Phi) is 8.96. The molecule has 0 heterocycles. The van der Waals surface area contributed by atoms with Gasteiger partial charge in [0, 0.05) is 19.6 Å². The lowest BCUT2D eigenvalue weighted by atomic mass is 10.3. The van der Waals surface area contributed by atoms with Crippen LogP contribution in [-0.4, -0.2) is 56.7 Å². The third-order valence-electron chi connectivity index (χ3n) is 1.83. The van der Waals surface area contributed by atoms with Crippen LogP contribution in [0.25, 0.3) is 0 Å². The zero-order valence-corrected chi connectivity index (χ0v) is 10.4. The Morgan fingerprint density at radius 1 is 1.24 bits per heavy atom. The van der Waals surface area contributed by atoms with Crippen molar-refractivity contribution in [3.8, 4) is 0 Å². The number of nitrogens with one attached hydrogen (secondary N) is 1. The molecular weight excluding hydrogens is 250 g/mol. The zero-order valence-electron chi connectivity index (χ0n) is 9.59. The zero-order chi connectivity index (χ0) is 13.1. The summed E-state index contributed by atoms with van der Waals surface area (Å²) in [6.45, 7) is 0.811. The summed E-state index contributed by atoms with van der Waals surface area (Å²) in [7, 11) is -3.39. The van der Waals surface area contributed by atoms with Crippen LogP contribution in [0, 0.1) is 0 Å². The number of rotatable bonds is 11. The number of hydrogen-bond acceptors (Lipinski definition) is 5. The van der Waals surface area contributed by atoms with E-state index in [1.165, 1.54) is 0 Å². The van der Waals surface area contributed by atoms with Crippen molar-refractivity contribution >= 4 is 16.0 Å². The average Bonchev–Trinajstić information content (AvgIpc) is 2.22. The van der Waals surface area contributed by atoms with E-state index in [1.54, 1.807) is 0 Å². The van der Waals surface area contributed by atoms with Crippen LogP contribution in [0.4, 0.5) is 0 Å². The van der Waals surface area contributed by atoms with Crippen LogP contribution < -0.4 is 4.72 Å². The molecule has 17 heavy (non-hydrogen) atoms. The molecule has 102 valence electrons. The smallest absolute Gasteiger partial charge is 0.303 e. The summed E-state index contributed by atoms with van der Waals surface area (Å²) in [5, 5.41) is 16.8. The molecule has 0 aromatic carbocycles. The van der Waals surface area contributed by atoms with Gasteiger partial charge in [0.1, 0.15) is 0 Å². The number of carboxylic acids is 1. The molecule has 0 saturated heterocycles. The van der Waals surface area contributed by atoms with Crippen LogP contribution in [0.1, 0.15) is 19.3 Å². The van der Waals surface area contributed by atoms with E-state index in [0.717, 1.165) is 0 Å². The van der Waals surface area contributed by atoms with Gasteiger partial charge in [-0.1, -0.05) is 0 Å². The molecule has 0 atom stereocenters. The minimum absolute atomic E-state index is 0.0546. The Labute approximate surface area is 101 Å². The van der Waals surface area contributed by atoms with Crippen molar-refractivity contribution in [2.24, 2.45) is 0 Å². The minimum atomic E-state index is -3.39. The maximum Gasteiger partial charge on any atom is 0.303 e. The van der Waals surface area contributed by atoms with Gasteiger partial charge in [-0.25, -0.2) is 13.1 Å². The second-order valence-electron chi connectivity index (χ2n) is 3.40. The molecule has 0 bridgehead atoms. The highest BCUT2D eigenvalue weighted by Crippen LogP contribution is 1.95. The van der Waals surface area contributed by atoms with Gasteiger partial charge in [-0.15, -0.1) is 0 Å². The number of ether oxygens (including phenoxy) is 1. The molecule has 8 heteroatoms. The van der Waals surface area contributed by atoms with E-state index in [9.17, 15) is 13.2 Å². The van der Waals surface area contributed by atoms with E-state index in [0.29, 0.717) is 13.0 Å². The number of hydrogen-bond donors (Lipinski definition) is 3. The Morgan fingerprint density at radius 2 is 1.94 bits per heavy atom. The van der Waals surface area contributed by atoms with E-state index in [4.69, 9.17) is 14.9 Å². The molecule has 0 aromatic rings. The van der Waals surface area contributed by atoms with Crippen molar-refractivity contribution in [2.45, 2.75) is 19.3 Å². The van der Waals surface area contributed by atoms with Gasteiger partial charge in [0.25, 0.3) is 0 Å². The lowest BCUT2D eigenvalue weighted by Crippen LogP contribution is -2.28. The van der Waals surface area contributed by atoms with Crippen LogP contribution >= 0.6 is 0 Å². The molecule has 0 aliphatic carbocycles. The molecular formula is C9H19NO6S. The van der Waals surface area contributed by atoms with Crippen LogP contribution in [-0.2, 0) is 19.6 Å². The van der Waals surface area contributed by atoms with E-state index >= 15 is 0 Å². The van der Waals surface area contributed by atoms with Gasteiger partial charge in [-0.05, 0) is 12.8 Å². The molecule has 0 radical (unpaired) electrons. The van der Waals surface area contributed by atoms with Crippen molar-refractivity contribution in [3.63, 3.8) is 0 Å². The lowest BCUT2D eigenvalue weighted by Gasteiger charge is -2.06. The monoisotopic (exact) mass is 269 g/mol. The fraction of sp³-hybridized carbons (Fsp3) is 0.889. The van der Waals surface area contributed by atoms with E-state index < -0.39 is 16.0 Å². The number of aliphatic hydroxyl groups is 1. The molecule has 0 aliphatic rings. The van der Waals surface area contributed by atoms with Crippen molar-refractivity contribution in [3.05, 3.63) is 0 Å². The van der Waals surface area contributed by atoms with Crippen LogP contribution in [0.3, 0.4) is 0 Å². The highest BCUT2D eigenvalue weighted by Gasteiger charge is 2.10. The highest BCUT2D eigenvalue weighted by molar-refractivity contribution is 7.89. The van der Waals surface area contributed by atoms with E-state index in [1.807, 2.05) is 0 Å². The molecule has 0 unspecified atom stereocenters. The Hall–Kier alpha value is -0.700. The predicted molar refractivity (Wildman–Crippen MR) is 61.2 cm³/mol. The fourth-order valence-electron chi connectivity index (χ4n) is 1.05. The second kappa shape index (κ2) is 9.34. The van der Waals surface area contributed by atoms with Crippen molar-refractivity contribution in [1.29, 1.82) is 0 Å². The standard InChI is InChI=1S/C9H19NO6S/c11-5-7-16-6-2-4-10-17(14,15)8-1-3-9(12)13/h10-11H,1-8H2,(H,12,13). The predicted octanol–water partition coefficient (Wildman–Crippen LogP) is -0.830. The molecule has 0 spiro atoms.